The normalized spacial score (nSPS) is 16.9. The van der Waals surface area contributed by atoms with Crippen molar-refractivity contribution < 1.29 is 4.79 Å². The number of rotatable bonds is 4. The van der Waals surface area contributed by atoms with Crippen molar-refractivity contribution in [2.45, 2.75) is 6.04 Å². The molecule has 1 aliphatic rings. The molecule has 0 aliphatic carbocycles. The van der Waals surface area contributed by atoms with Gasteiger partial charge in [0.15, 0.2) is 0 Å². The third-order valence-electron chi connectivity index (χ3n) is 4.64. The molecule has 1 aliphatic heterocycles. The number of nitrogen functional groups attached to an aromatic ring is 1. The van der Waals surface area contributed by atoms with Crippen LogP contribution in [0.1, 0.15) is 27.7 Å². The van der Waals surface area contributed by atoms with Crippen LogP contribution >= 0.6 is 0 Å². The molecule has 0 bridgehead atoms. The van der Waals surface area contributed by atoms with Gasteiger partial charge in [0.05, 0.1) is 11.6 Å². The van der Waals surface area contributed by atoms with E-state index in [9.17, 15) is 4.79 Å². The summed E-state index contributed by atoms with van der Waals surface area (Å²) in [6.07, 6.45) is 5.21. The van der Waals surface area contributed by atoms with Gasteiger partial charge in [0.1, 0.15) is 17.3 Å². The summed E-state index contributed by atoms with van der Waals surface area (Å²) in [4.78, 5) is 27.7. The Hall–Kier alpha value is -3.32. The summed E-state index contributed by atoms with van der Waals surface area (Å²) in [5, 5.41) is 3.50. The summed E-state index contributed by atoms with van der Waals surface area (Å²) in [5.41, 5.74) is 7.71. The average molecular weight is 360 g/mol. The zero-order valence-corrected chi connectivity index (χ0v) is 14.7. The lowest BCUT2D eigenvalue weighted by Gasteiger charge is -2.34. The van der Waals surface area contributed by atoms with E-state index < -0.39 is 0 Å². The molecule has 4 heterocycles. The van der Waals surface area contributed by atoms with Gasteiger partial charge in [-0.15, -0.1) is 0 Å². The van der Waals surface area contributed by atoms with Crippen molar-refractivity contribution in [1.29, 1.82) is 0 Å². The SMILES string of the molecule is Nc1ncccc1C(=O)c1cccc(N2CCNC(c3cccnc3)C2)n1. The molecule has 0 aromatic carbocycles. The quantitative estimate of drug-likeness (QED) is 0.685. The van der Waals surface area contributed by atoms with Crippen LogP contribution in [0.3, 0.4) is 0 Å². The van der Waals surface area contributed by atoms with Gasteiger partial charge in [-0.25, -0.2) is 9.97 Å². The number of nitrogens with two attached hydrogens (primary N) is 1. The van der Waals surface area contributed by atoms with Gasteiger partial charge in [0, 0.05) is 38.2 Å². The van der Waals surface area contributed by atoms with Crippen molar-refractivity contribution in [3.8, 4) is 0 Å². The van der Waals surface area contributed by atoms with Crippen molar-refractivity contribution in [2.24, 2.45) is 0 Å². The lowest BCUT2D eigenvalue weighted by Crippen LogP contribution is -2.46. The highest BCUT2D eigenvalue weighted by Gasteiger charge is 2.23. The molecule has 3 aromatic rings. The molecule has 1 fully saturated rings. The molecular formula is C20H20N6O. The van der Waals surface area contributed by atoms with E-state index >= 15 is 0 Å². The third-order valence-corrected chi connectivity index (χ3v) is 4.64. The third kappa shape index (κ3) is 3.63. The molecule has 0 radical (unpaired) electrons. The molecule has 3 N–H and O–H groups in total. The maximum absolute atomic E-state index is 12.8. The van der Waals surface area contributed by atoms with Crippen molar-refractivity contribution in [3.05, 3.63) is 77.9 Å². The summed E-state index contributed by atoms with van der Waals surface area (Å²) in [5.74, 6) is 0.772. The smallest absolute Gasteiger partial charge is 0.215 e. The van der Waals surface area contributed by atoms with Gasteiger partial charge in [0.2, 0.25) is 5.78 Å². The molecule has 0 saturated carbocycles. The van der Waals surface area contributed by atoms with Crippen LogP contribution in [0.5, 0.6) is 0 Å². The first-order valence-electron chi connectivity index (χ1n) is 8.83. The molecule has 1 atom stereocenters. The minimum atomic E-state index is -0.221. The van der Waals surface area contributed by atoms with Gasteiger partial charge < -0.3 is 16.0 Å². The Morgan fingerprint density at radius 3 is 2.85 bits per heavy atom. The van der Waals surface area contributed by atoms with E-state index in [1.54, 1.807) is 30.6 Å². The number of aromatic nitrogens is 3. The highest BCUT2D eigenvalue weighted by molar-refractivity contribution is 6.10. The first kappa shape index (κ1) is 17.1. The van der Waals surface area contributed by atoms with E-state index in [0.29, 0.717) is 11.3 Å². The average Bonchev–Trinajstić information content (AvgIpc) is 2.74. The number of carbonyl (C=O) groups excluding carboxylic acids is 1. The minimum absolute atomic E-state index is 0.169. The second kappa shape index (κ2) is 7.51. The van der Waals surface area contributed by atoms with Gasteiger partial charge in [-0.05, 0) is 35.9 Å². The Bertz CT molecular complexity index is 946. The topological polar surface area (TPSA) is 97.0 Å². The van der Waals surface area contributed by atoms with E-state index in [1.165, 1.54) is 0 Å². The van der Waals surface area contributed by atoms with Crippen molar-refractivity contribution in [1.82, 2.24) is 20.3 Å². The number of pyridine rings is 3. The van der Waals surface area contributed by atoms with E-state index in [1.807, 2.05) is 24.4 Å². The molecule has 0 amide bonds. The lowest BCUT2D eigenvalue weighted by atomic mass is 10.1. The summed E-state index contributed by atoms with van der Waals surface area (Å²) in [6, 6.07) is 13.0. The summed E-state index contributed by atoms with van der Waals surface area (Å²) < 4.78 is 0. The number of nitrogens with zero attached hydrogens (tertiary/aromatic N) is 4. The highest BCUT2D eigenvalue weighted by Crippen LogP contribution is 2.22. The zero-order chi connectivity index (χ0) is 18.6. The van der Waals surface area contributed by atoms with Gasteiger partial charge in [-0.3, -0.25) is 9.78 Å². The van der Waals surface area contributed by atoms with Crippen LogP contribution in [0.15, 0.2) is 61.1 Å². The van der Waals surface area contributed by atoms with Crippen LogP contribution in [0, 0.1) is 0 Å². The molecule has 3 aromatic heterocycles. The van der Waals surface area contributed by atoms with Crippen LogP contribution in [-0.2, 0) is 0 Å². The zero-order valence-electron chi connectivity index (χ0n) is 14.7. The van der Waals surface area contributed by atoms with Crippen molar-refractivity contribution in [2.75, 3.05) is 30.3 Å². The lowest BCUT2D eigenvalue weighted by molar-refractivity contribution is 0.103. The van der Waals surface area contributed by atoms with Crippen LogP contribution < -0.4 is 16.0 Å². The van der Waals surface area contributed by atoms with E-state index in [4.69, 9.17) is 5.73 Å². The standard InChI is InChI=1S/C20H20N6O/c21-20-15(5-3-9-24-20)19(27)16-6-1-7-18(25-16)26-11-10-23-17(13-26)14-4-2-8-22-12-14/h1-9,12,17,23H,10-11,13H2,(H2,21,24). The molecule has 1 saturated heterocycles. The number of hydrogen-bond acceptors (Lipinski definition) is 7. The summed E-state index contributed by atoms with van der Waals surface area (Å²) >= 11 is 0. The highest BCUT2D eigenvalue weighted by atomic mass is 16.1. The molecule has 0 spiro atoms. The minimum Gasteiger partial charge on any atom is -0.383 e. The maximum Gasteiger partial charge on any atom is 0.215 e. The van der Waals surface area contributed by atoms with E-state index in [-0.39, 0.29) is 17.6 Å². The first-order chi connectivity index (χ1) is 13.2. The summed E-state index contributed by atoms with van der Waals surface area (Å²) in [7, 11) is 0. The number of carbonyl (C=O) groups is 1. The Morgan fingerprint density at radius 2 is 2.04 bits per heavy atom. The fourth-order valence-corrected chi connectivity index (χ4v) is 3.24. The molecule has 136 valence electrons. The number of anilines is 2. The molecule has 7 nitrogen and oxygen atoms in total. The van der Waals surface area contributed by atoms with Gasteiger partial charge in [-0.1, -0.05) is 12.1 Å². The Kier molecular flexibility index (Phi) is 4.76. The van der Waals surface area contributed by atoms with Crippen molar-refractivity contribution >= 4 is 17.4 Å². The van der Waals surface area contributed by atoms with Crippen LogP contribution in [-0.4, -0.2) is 40.4 Å². The Labute approximate surface area is 157 Å². The van der Waals surface area contributed by atoms with Crippen molar-refractivity contribution in [3.63, 3.8) is 0 Å². The number of piperazine rings is 1. The van der Waals surface area contributed by atoms with Crippen LogP contribution in [0.4, 0.5) is 11.6 Å². The Balaban J connectivity index is 1.57. The molecule has 1 unspecified atom stereocenters. The maximum atomic E-state index is 12.8. The fraction of sp³-hybridized carbons (Fsp3) is 0.200. The second-order valence-corrected chi connectivity index (χ2v) is 6.39. The van der Waals surface area contributed by atoms with Crippen LogP contribution in [0.2, 0.25) is 0 Å². The van der Waals surface area contributed by atoms with E-state index in [0.717, 1.165) is 31.0 Å². The number of ketones is 1. The second-order valence-electron chi connectivity index (χ2n) is 6.39. The predicted molar refractivity (Wildman–Crippen MR) is 104 cm³/mol. The largest absolute Gasteiger partial charge is 0.383 e. The molecule has 27 heavy (non-hydrogen) atoms. The van der Waals surface area contributed by atoms with Crippen LogP contribution in [0.25, 0.3) is 0 Å². The number of nitrogens with one attached hydrogen (secondary N) is 1. The molecule has 4 rings (SSSR count). The van der Waals surface area contributed by atoms with Gasteiger partial charge >= 0.3 is 0 Å². The monoisotopic (exact) mass is 360 g/mol. The summed E-state index contributed by atoms with van der Waals surface area (Å²) in [6.45, 7) is 2.40. The molecule has 7 heteroatoms. The van der Waals surface area contributed by atoms with Gasteiger partial charge in [0.25, 0.3) is 0 Å². The fourth-order valence-electron chi connectivity index (χ4n) is 3.24. The van der Waals surface area contributed by atoms with E-state index in [2.05, 4.69) is 31.2 Å². The first-order valence-corrected chi connectivity index (χ1v) is 8.83. The molecular weight excluding hydrogens is 340 g/mol. The number of hydrogen-bond donors (Lipinski definition) is 2. The Morgan fingerprint density at radius 1 is 1.15 bits per heavy atom. The predicted octanol–water partition coefficient (Wildman–Crippen LogP) is 1.84. The van der Waals surface area contributed by atoms with Gasteiger partial charge in [-0.2, -0.15) is 0 Å².